The summed E-state index contributed by atoms with van der Waals surface area (Å²) >= 11 is 5.86. The van der Waals surface area contributed by atoms with E-state index >= 15 is 0 Å². The van der Waals surface area contributed by atoms with Crippen molar-refractivity contribution in [2.75, 3.05) is 33.7 Å². The van der Waals surface area contributed by atoms with Crippen LogP contribution < -0.4 is 0 Å². The van der Waals surface area contributed by atoms with Crippen LogP contribution in [-0.2, 0) is 0 Å². The maximum atomic E-state index is 5.86. The van der Waals surface area contributed by atoms with Crippen LogP contribution in [0, 0.1) is 19.8 Å². The van der Waals surface area contributed by atoms with Crippen molar-refractivity contribution in [1.82, 2.24) is 9.80 Å². The SMILES string of the molecule is C=C(C)N(CC)C(=NC)C(C)C.CCC1=CC(Cl)CC=C1.CCCCN(C)CCC.Cc1cccc(C)c1. The Balaban J connectivity index is 0. The molecule has 0 radical (unpaired) electrons. The first kappa shape index (κ1) is 38.3. The Morgan fingerprint density at radius 2 is 1.68 bits per heavy atom. The van der Waals surface area contributed by atoms with Gasteiger partial charge in [0.1, 0.15) is 5.84 Å². The average Bonchev–Trinajstić information content (AvgIpc) is 2.86. The van der Waals surface area contributed by atoms with Gasteiger partial charge in [-0.15, -0.1) is 11.6 Å². The highest BCUT2D eigenvalue weighted by Crippen LogP contribution is 2.17. The highest BCUT2D eigenvalue weighted by Gasteiger charge is 2.12. The average molecular weight is 546 g/mol. The van der Waals surface area contributed by atoms with Gasteiger partial charge in [0.15, 0.2) is 0 Å². The molecule has 0 aliphatic heterocycles. The van der Waals surface area contributed by atoms with Crippen LogP contribution in [0.1, 0.15) is 91.7 Å². The molecule has 0 spiro atoms. The van der Waals surface area contributed by atoms with Crippen LogP contribution in [0.5, 0.6) is 0 Å². The van der Waals surface area contributed by atoms with Crippen molar-refractivity contribution >= 4 is 17.4 Å². The van der Waals surface area contributed by atoms with Crippen LogP contribution in [0.3, 0.4) is 0 Å². The van der Waals surface area contributed by atoms with Crippen molar-refractivity contribution < 1.29 is 0 Å². The normalized spacial score (nSPS) is 14.4. The van der Waals surface area contributed by atoms with Crippen LogP contribution in [0.2, 0.25) is 0 Å². The monoisotopic (exact) mass is 545 g/mol. The molecule has 1 aromatic rings. The molecule has 0 saturated heterocycles. The van der Waals surface area contributed by atoms with Crippen LogP contribution in [-0.4, -0.2) is 54.7 Å². The van der Waals surface area contributed by atoms with Crippen LogP contribution >= 0.6 is 11.6 Å². The molecule has 218 valence electrons. The Hall–Kier alpha value is -1.84. The lowest BCUT2D eigenvalue weighted by atomic mass is 10.1. The molecule has 2 rings (SSSR count). The van der Waals surface area contributed by atoms with Crippen molar-refractivity contribution in [3.8, 4) is 0 Å². The minimum absolute atomic E-state index is 0.241. The molecule has 0 N–H and O–H groups in total. The van der Waals surface area contributed by atoms with Gasteiger partial charge in [0.25, 0.3) is 0 Å². The minimum atomic E-state index is 0.241. The first-order chi connectivity index (χ1) is 18.0. The quantitative estimate of drug-likeness (QED) is 0.174. The van der Waals surface area contributed by atoms with E-state index in [0.29, 0.717) is 5.92 Å². The Kier molecular flexibility index (Phi) is 24.4. The summed E-state index contributed by atoms with van der Waals surface area (Å²) in [5.41, 5.74) is 5.10. The maximum Gasteiger partial charge on any atom is 0.105 e. The lowest BCUT2D eigenvalue weighted by Crippen LogP contribution is -2.32. The number of aryl methyl sites for hydroxylation is 2. The molecule has 1 aliphatic carbocycles. The lowest BCUT2D eigenvalue weighted by molar-refractivity contribution is 0.329. The molecule has 0 aromatic heterocycles. The predicted molar refractivity (Wildman–Crippen MR) is 176 cm³/mol. The first-order valence-electron chi connectivity index (χ1n) is 14.6. The van der Waals surface area contributed by atoms with Crippen molar-refractivity contribution in [3.05, 3.63) is 71.5 Å². The number of hydrogen-bond donors (Lipinski definition) is 0. The van der Waals surface area contributed by atoms with Crippen molar-refractivity contribution in [1.29, 1.82) is 0 Å². The predicted octanol–water partition coefficient (Wildman–Crippen LogP) is 9.85. The zero-order valence-electron chi connectivity index (χ0n) is 26.8. The number of alkyl halides is 1. The van der Waals surface area contributed by atoms with Crippen LogP contribution in [0.4, 0.5) is 0 Å². The van der Waals surface area contributed by atoms with Gasteiger partial charge in [-0.2, -0.15) is 0 Å². The summed E-state index contributed by atoms with van der Waals surface area (Å²) in [6.45, 7) is 26.6. The second-order valence-corrected chi connectivity index (χ2v) is 10.8. The summed E-state index contributed by atoms with van der Waals surface area (Å²) in [5.74, 6) is 1.58. The molecular formula is C34H60ClN3. The third kappa shape index (κ3) is 20.2. The fraction of sp³-hybridized carbons (Fsp3) is 0.618. The van der Waals surface area contributed by atoms with E-state index < -0.39 is 0 Å². The molecule has 0 saturated carbocycles. The van der Waals surface area contributed by atoms with E-state index in [1.54, 1.807) is 0 Å². The largest absolute Gasteiger partial charge is 0.335 e. The van der Waals surface area contributed by atoms with E-state index in [1.807, 2.05) is 14.0 Å². The van der Waals surface area contributed by atoms with E-state index in [9.17, 15) is 0 Å². The Morgan fingerprint density at radius 3 is 1.97 bits per heavy atom. The number of halogens is 1. The van der Waals surface area contributed by atoms with Crippen molar-refractivity contribution in [2.24, 2.45) is 10.9 Å². The second-order valence-electron chi connectivity index (χ2n) is 10.3. The molecule has 0 amide bonds. The number of unbranched alkanes of at least 4 members (excludes halogenated alkanes) is 1. The van der Waals surface area contributed by atoms with E-state index in [-0.39, 0.29) is 5.38 Å². The van der Waals surface area contributed by atoms with E-state index in [2.05, 4.69) is 126 Å². The fourth-order valence-corrected chi connectivity index (χ4v) is 4.25. The summed E-state index contributed by atoms with van der Waals surface area (Å²) in [6.07, 6.45) is 12.4. The highest BCUT2D eigenvalue weighted by molar-refractivity contribution is 6.22. The van der Waals surface area contributed by atoms with Gasteiger partial charge in [0, 0.05) is 25.2 Å². The lowest BCUT2D eigenvalue weighted by Gasteiger charge is -2.26. The van der Waals surface area contributed by atoms with Gasteiger partial charge < -0.3 is 9.80 Å². The molecular weight excluding hydrogens is 486 g/mol. The van der Waals surface area contributed by atoms with Crippen LogP contribution in [0.15, 0.2) is 65.3 Å². The number of benzene rings is 1. The standard InChI is InChI=1S/C10H20N2.C8H11Cl.C8H19N.C8H10/c1-7-12(9(4)5)10(11-6)8(2)3;1-2-7-4-3-5-8(9)6-7;1-4-6-8-9(3)7-5-2;1-7-4-3-5-8(2)6-7/h8H,4,7H2,1-3,5-6H3;3-4,6,8H,2,5H2,1H3;4-8H2,1-3H3;3-6H,1-2H3. The number of amidine groups is 1. The number of aliphatic imine (C=N–C) groups is 1. The van der Waals surface area contributed by atoms with Crippen molar-refractivity contribution in [3.63, 3.8) is 0 Å². The van der Waals surface area contributed by atoms with Gasteiger partial charge >= 0.3 is 0 Å². The van der Waals surface area contributed by atoms with Gasteiger partial charge in [0.2, 0.25) is 0 Å². The number of hydrogen-bond acceptors (Lipinski definition) is 2. The summed E-state index contributed by atoms with van der Waals surface area (Å²) in [7, 11) is 4.03. The van der Waals surface area contributed by atoms with Gasteiger partial charge in [-0.25, -0.2) is 0 Å². The third-order valence-electron chi connectivity index (χ3n) is 5.97. The topological polar surface area (TPSA) is 18.8 Å². The number of nitrogens with zero attached hydrogens (tertiary/aromatic N) is 3. The molecule has 1 unspecified atom stereocenters. The van der Waals surface area contributed by atoms with E-state index in [0.717, 1.165) is 30.9 Å². The van der Waals surface area contributed by atoms with E-state index in [1.165, 1.54) is 49.1 Å². The molecule has 0 fully saturated rings. The zero-order chi connectivity index (χ0) is 29.5. The summed E-state index contributed by atoms with van der Waals surface area (Å²) in [4.78, 5) is 8.80. The van der Waals surface area contributed by atoms with Crippen LogP contribution in [0.25, 0.3) is 0 Å². The summed E-state index contributed by atoms with van der Waals surface area (Å²) in [6, 6.07) is 8.45. The molecule has 38 heavy (non-hydrogen) atoms. The first-order valence-corrected chi connectivity index (χ1v) is 15.0. The summed E-state index contributed by atoms with van der Waals surface area (Å²) in [5, 5.41) is 0.241. The summed E-state index contributed by atoms with van der Waals surface area (Å²) < 4.78 is 0. The zero-order valence-corrected chi connectivity index (χ0v) is 27.5. The molecule has 4 heteroatoms. The molecule has 1 aliphatic rings. The molecule has 0 bridgehead atoms. The van der Waals surface area contributed by atoms with Gasteiger partial charge in [-0.3, -0.25) is 4.99 Å². The Morgan fingerprint density at radius 1 is 1.08 bits per heavy atom. The molecule has 1 atom stereocenters. The maximum absolute atomic E-state index is 5.86. The van der Waals surface area contributed by atoms with Crippen molar-refractivity contribution in [2.45, 2.75) is 99.8 Å². The van der Waals surface area contributed by atoms with E-state index in [4.69, 9.17) is 11.6 Å². The third-order valence-corrected chi connectivity index (χ3v) is 6.27. The highest BCUT2D eigenvalue weighted by atomic mass is 35.5. The number of rotatable bonds is 9. The molecule has 1 aromatic carbocycles. The second kappa shape index (κ2) is 24.2. The van der Waals surface area contributed by atoms with Gasteiger partial charge in [-0.1, -0.05) is 107 Å². The minimum Gasteiger partial charge on any atom is -0.335 e. The number of allylic oxidation sites excluding steroid dienone is 5. The molecule has 3 nitrogen and oxygen atoms in total. The molecule has 0 heterocycles. The van der Waals surface area contributed by atoms with Gasteiger partial charge in [0.05, 0.1) is 5.38 Å². The Labute approximate surface area is 242 Å². The fourth-order valence-electron chi connectivity index (χ4n) is 3.99. The smallest absolute Gasteiger partial charge is 0.105 e. The van der Waals surface area contributed by atoms with Gasteiger partial charge in [-0.05, 0) is 73.5 Å². The Bertz CT molecular complexity index is 806.